The summed E-state index contributed by atoms with van der Waals surface area (Å²) in [5.74, 6) is -0.0161. The lowest BCUT2D eigenvalue weighted by Gasteiger charge is -2.29. The van der Waals surface area contributed by atoms with Gasteiger partial charge in [-0.1, -0.05) is 19.8 Å². The molecule has 1 rings (SSSR count). The first-order valence-electron chi connectivity index (χ1n) is 7.25. The number of carbonyl (C=O) groups is 1. The van der Waals surface area contributed by atoms with E-state index in [0.29, 0.717) is 19.2 Å². The van der Waals surface area contributed by atoms with Gasteiger partial charge in [-0.2, -0.15) is 0 Å². The Morgan fingerprint density at radius 3 is 2.89 bits per heavy atom. The number of esters is 1. The number of hydrogen-bond acceptors (Lipinski definition) is 4. The quantitative estimate of drug-likeness (QED) is 0.683. The van der Waals surface area contributed by atoms with Gasteiger partial charge in [0.25, 0.3) is 0 Å². The number of nitrogens with one attached hydrogen (secondary N) is 1. The predicted octanol–water partition coefficient (Wildman–Crippen LogP) is 1.86. The Morgan fingerprint density at radius 1 is 1.44 bits per heavy atom. The van der Waals surface area contributed by atoms with E-state index in [1.54, 1.807) is 0 Å². The first kappa shape index (κ1) is 15.4. The van der Waals surface area contributed by atoms with E-state index in [-0.39, 0.29) is 18.0 Å². The van der Waals surface area contributed by atoms with E-state index in [9.17, 15) is 9.90 Å². The number of aliphatic hydroxyl groups is 1. The highest BCUT2D eigenvalue weighted by Gasteiger charge is 2.28. The Hall–Kier alpha value is -0.610. The average molecular weight is 257 g/mol. The topological polar surface area (TPSA) is 58.6 Å². The molecule has 0 aromatic carbocycles. The van der Waals surface area contributed by atoms with E-state index in [1.807, 2.05) is 6.92 Å². The van der Waals surface area contributed by atoms with Gasteiger partial charge in [-0.3, -0.25) is 4.79 Å². The Bertz CT molecular complexity index is 245. The van der Waals surface area contributed by atoms with Crippen molar-refractivity contribution in [2.75, 3.05) is 13.2 Å². The SMILES string of the molecule is CCCC(O)CNC1CCCC(C(=O)OCC)C1. The zero-order chi connectivity index (χ0) is 13.4. The molecule has 4 nitrogen and oxygen atoms in total. The second kappa shape index (κ2) is 8.48. The Morgan fingerprint density at radius 2 is 2.22 bits per heavy atom. The van der Waals surface area contributed by atoms with Gasteiger partial charge < -0.3 is 15.2 Å². The summed E-state index contributed by atoms with van der Waals surface area (Å²) in [6.07, 6.45) is 5.50. The summed E-state index contributed by atoms with van der Waals surface area (Å²) in [5, 5.41) is 13.1. The normalized spacial score (nSPS) is 25.7. The van der Waals surface area contributed by atoms with Gasteiger partial charge in [-0.25, -0.2) is 0 Å². The Kier molecular flexibility index (Phi) is 7.28. The molecule has 1 aliphatic rings. The highest BCUT2D eigenvalue weighted by atomic mass is 16.5. The lowest BCUT2D eigenvalue weighted by Crippen LogP contribution is -2.40. The van der Waals surface area contributed by atoms with Crippen molar-refractivity contribution in [2.24, 2.45) is 5.92 Å². The molecule has 0 aromatic rings. The van der Waals surface area contributed by atoms with Crippen LogP contribution in [0.15, 0.2) is 0 Å². The van der Waals surface area contributed by atoms with Gasteiger partial charge in [0, 0.05) is 12.6 Å². The molecule has 1 aliphatic carbocycles. The fourth-order valence-corrected chi connectivity index (χ4v) is 2.59. The first-order chi connectivity index (χ1) is 8.67. The fourth-order valence-electron chi connectivity index (χ4n) is 2.59. The van der Waals surface area contributed by atoms with Crippen molar-refractivity contribution in [3.05, 3.63) is 0 Å². The van der Waals surface area contributed by atoms with Crippen LogP contribution in [0.5, 0.6) is 0 Å². The molecule has 2 N–H and O–H groups in total. The molecule has 1 saturated carbocycles. The monoisotopic (exact) mass is 257 g/mol. The van der Waals surface area contributed by atoms with Gasteiger partial charge >= 0.3 is 5.97 Å². The fraction of sp³-hybridized carbons (Fsp3) is 0.929. The summed E-state index contributed by atoms with van der Waals surface area (Å²) in [6.45, 7) is 5.01. The van der Waals surface area contributed by atoms with Crippen molar-refractivity contribution < 1.29 is 14.6 Å². The van der Waals surface area contributed by atoms with Crippen LogP contribution in [0.4, 0.5) is 0 Å². The number of rotatable bonds is 7. The summed E-state index contributed by atoms with van der Waals surface area (Å²) >= 11 is 0. The molecule has 3 unspecified atom stereocenters. The van der Waals surface area contributed by atoms with Gasteiger partial charge in [0.1, 0.15) is 0 Å². The molecule has 18 heavy (non-hydrogen) atoms. The molecule has 0 saturated heterocycles. The van der Waals surface area contributed by atoms with Crippen LogP contribution < -0.4 is 5.32 Å². The highest BCUT2D eigenvalue weighted by molar-refractivity contribution is 5.72. The van der Waals surface area contributed by atoms with Crippen LogP contribution in [-0.2, 0) is 9.53 Å². The lowest BCUT2D eigenvalue weighted by molar-refractivity contribution is -0.149. The van der Waals surface area contributed by atoms with Crippen molar-refractivity contribution in [2.45, 2.75) is 64.5 Å². The minimum Gasteiger partial charge on any atom is -0.466 e. The minimum absolute atomic E-state index is 0.0412. The molecule has 0 spiro atoms. The van der Waals surface area contributed by atoms with E-state index in [2.05, 4.69) is 12.2 Å². The molecule has 0 radical (unpaired) electrons. The van der Waals surface area contributed by atoms with Crippen LogP contribution in [0, 0.1) is 5.92 Å². The first-order valence-corrected chi connectivity index (χ1v) is 7.25. The molecular formula is C14H27NO3. The van der Waals surface area contributed by atoms with Gasteiger partial charge in [0.15, 0.2) is 0 Å². The van der Waals surface area contributed by atoms with Gasteiger partial charge in [-0.05, 0) is 32.6 Å². The van der Waals surface area contributed by atoms with E-state index in [4.69, 9.17) is 4.74 Å². The second-order valence-electron chi connectivity index (χ2n) is 5.16. The summed E-state index contributed by atoms with van der Waals surface area (Å²) in [5.41, 5.74) is 0. The summed E-state index contributed by atoms with van der Waals surface area (Å²) in [6, 6.07) is 0.347. The maximum atomic E-state index is 11.7. The Labute approximate surface area is 110 Å². The standard InChI is InChI=1S/C14H27NO3/c1-3-6-13(16)10-15-12-8-5-7-11(9-12)14(17)18-4-2/h11-13,15-16H,3-10H2,1-2H3. The number of carbonyl (C=O) groups excluding carboxylic acids is 1. The number of hydrogen-bond donors (Lipinski definition) is 2. The minimum atomic E-state index is -0.266. The molecule has 3 atom stereocenters. The third-order valence-electron chi connectivity index (χ3n) is 3.56. The van der Waals surface area contributed by atoms with Gasteiger partial charge in [0.2, 0.25) is 0 Å². The van der Waals surface area contributed by atoms with E-state index in [1.165, 1.54) is 0 Å². The molecule has 0 heterocycles. The zero-order valence-electron chi connectivity index (χ0n) is 11.7. The second-order valence-corrected chi connectivity index (χ2v) is 5.16. The highest BCUT2D eigenvalue weighted by Crippen LogP contribution is 2.25. The molecule has 106 valence electrons. The zero-order valence-corrected chi connectivity index (χ0v) is 11.7. The molecule has 0 bridgehead atoms. The van der Waals surface area contributed by atoms with Gasteiger partial charge in [0.05, 0.1) is 18.6 Å². The number of ether oxygens (including phenoxy) is 1. The van der Waals surface area contributed by atoms with Crippen LogP contribution >= 0.6 is 0 Å². The molecule has 0 aromatic heterocycles. The van der Waals surface area contributed by atoms with Crippen LogP contribution in [0.1, 0.15) is 52.4 Å². The third kappa shape index (κ3) is 5.36. The molecule has 0 aliphatic heterocycles. The van der Waals surface area contributed by atoms with Crippen molar-refractivity contribution in [3.8, 4) is 0 Å². The molecule has 1 fully saturated rings. The van der Waals surface area contributed by atoms with Gasteiger partial charge in [-0.15, -0.1) is 0 Å². The predicted molar refractivity (Wildman–Crippen MR) is 71.3 cm³/mol. The van der Waals surface area contributed by atoms with Crippen molar-refractivity contribution >= 4 is 5.97 Å². The summed E-state index contributed by atoms with van der Waals surface area (Å²) < 4.78 is 5.08. The maximum absolute atomic E-state index is 11.7. The molecule has 0 amide bonds. The van der Waals surface area contributed by atoms with Crippen LogP contribution in [0.2, 0.25) is 0 Å². The van der Waals surface area contributed by atoms with Crippen molar-refractivity contribution in [1.29, 1.82) is 0 Å². The van der Waals surface area contributed by atoms with E-state index in [0.717, 1.165) is 38.5 Å². The molecule has 4 heteroatoms. The van der Waals surface area contributed by atoms with Crippen molar-refractivity contribution in [1.82, 2.24) is 5.32 Å². The Balaban J connectivity index is 2.28. The summed E-state index contributed by atoms with van der Waals surface area (Å²) in [7, 11) is 0. The summed E-state index contributed by atoms with van der Waals surface area (Å²) in [4.78, 5) is 11.7. The van der Waals surface area contributed by atoms with E-state index >= 15 is 0 Å². The number of aliphatic hydroxyl groups excluding tert-OH is 1. The maximum Gasteiger partial charge on any atom is 0.308 e. The van der Waals surface area contributed by atoms with Crippen LogP contribution in [0.3, 0.4) is 0 Å². The smallest absolute Gasteiger partial charge is 0.308 e. The molecular weight excluding hydrogens is 230 g/mol. The largest absolute Gasteiger partial charge is 0.466 e. The average Bonchev–Trinajstić information content (AvgIpc) is 2.37. The van der Waals surface area contributed by atoms with Crippen molar-refractivity contribution in [3.63, 3.8) is 0 Å². The third-order valence-corrected chi connectivity index (χ3v) is 3.56. The van der Waals surface area contributed by atoms with Crippen LogP contribution in [0.25, 0.3) is 0 Å². The van der Waals surface area contributed by atoms with Crippen LogP contribution in [-0.4, -0.2) is 36.4 Å². The van der Waals surface area contributed by atoms with E-state index < -0.39 is 0 Å². The lowest BCUT2D eigenvalue weighted by atomic mass is 9.85.